The fourth-order valence-corrected chi connectivity index (χ4v) is 4.02. The number of rotatable bonds is 4. The Bertz CT molecular complexity index is 725. The Balaban J connectivity index is 2.05. The van der Waals surface area contributed by atoms with E-state index in [-0.39, 0.29) is 5.76 Å². The first-order chi connectivity index (χ1) is 9.72. The molecule has 0 fully saturated rings. The van der Waals surface area contributed by atoms with E-state index in [1.807, 2.05) is 13.0 Å². The molecule has 0 aromatic carbocycles. The summed E-state index contributed by atoms with van der Waals surface area (Å²) in [7, 11) is 1.35. The zero-order valence-electron chi connectivity index (χ0n) is 11.1. The third kappa shape index (κ3) is 2.25. The van der Waals surface area contributed by atoms with Crippen LogP contribution in [-0.2, 0) is 11.2 Å². The van der Waals surface area contributed by atoms with Crippen molar-refractivity contribution in [2.75, 3.05) is 7.11 Å². The second-order valence-corrected chi connectivity index (χ2v) is 6.33. The second-order valence-electron chi connectivity index (χ2n) is 4.30. The summed E-state index contributed by atoms with van der Waals surface area (Å²) in [6, 6.07) is 4.12. The van der Waals surface area contributed by atoms with E-state index in [0.29, 0.717) is 18.0 Å². The minimum absolute atomic E-state index is 0.223. The van der Waals surface area contributed by atoms with Crippen molar-refractivity contribution in [3.05, 3.63) is 29.0 Å². The van der Waals surface area contributed by atoms with E-state index in [4.69, 9.17) is 9.15 Å². The second kappa shape index (κ2) is 5.38. The van der Waals surface area contributed by atoms with Crippen LogP contribution in [0.2, 0.25) is 0 Å². The standard InChI is InChI=1S/C14H13NO3S2/c1-3-4-8-12(14(16)17-2)18-13(15-8)11-7-10-9(20-11)5-6-19-10/h5-7H,3-4H2,1-2H3. The Morgan fingerprint density at radius 3 is 3.00 bits per heavy atom. The lowest BCUT2D eigenvalue weighted by atomic mass is 10.2. The topological polar surface area (TPSA) is 52.3 Å². The van der Waals surface area contributed by atoms with Crippen molar-refractivity contribution in [1.29, 1.82) is 0 Å². The number of carbonyl (C=O) groups excluding carboxylic acids is 1. The molecule has 0 spiro atoms. The van der Waals surface area contributed by atoms with Gasteiger partial charge in [0.25, 0.3) is 0 Å². The van der Waals surface area contributed by atoms with Gasteiger partial charge in [0.15, 0.2) is 0 Å². The first-order valence-electron chi connectivity index (χ1n) is 6.28. The number of nitrogens with zero attached hydrogens (tertiary/aromatic N) is 1. The predicted molar refractivity (Wildman–Crippen MR) is 80.5 cm³/mol. The predicted octanol–water partition coefficient (Wildman–Crippen LogP) is 4.36. The van der Waals surface area contributed by atoms with Crippen LogP contribution in [0.25, 0.3) is 20.2 Å². The summed E-state index contributed by atoms with van der Waals surface area (Å²) in [5.74, 6) is 0.258. The molecular formula is C14H13NO3S2. The molecule has 0 aliphatic carbocycles. The molecule has 6 heteroatoms. The lowest BCUT2D eigenvalue weighted by Crippen LogP contribution is -2.03. The molecule has 3 aromatic heterocycles. The van der Waals surface area contributed by atoms with E-state index in [0.717, 1.165) is 11.3 Å². The number of thiophene rings is 2. The fourth-order valence-electron chi connectivity index (χ4n) is 1.99. The molecule has 3 rings (SSSR count). The molecule has 0 N–H and O–H groups in total. The fraction of sp³-hybridized carbons (Fsp3) is 0.286. The van der Waals surface area contributed by atoms with Gasteiger partial charge < -0.3 is 9.15 Å². The number of aryl methyl sites for hydroxylation is 1. The van der Waals surface area contributed by atoms with Gasteiger partial charge in [-0.25, -0.2) is 9.78 Å². The van der Waals surface area contributed by atoms with Gasteiger partial charge >= 0.3 is 5.97 Å². The highest BCUT2D eigenvalue weighted by atomic mass is 32.1. The highest BCUT2D eigenvalue weighted by Crippen LogP contribution is 2.36. The molecule has 4 nitrogen and oxygen atoms in total. The highest BCUT2D eigenvalue weighted by Gasteiger charge is 2.22. The van der Waals surface area contributed by atoms with Crippen molar-refractivity contribution in [2.45, 2.75) is 19.8 Å². The number of fused-ring (bicyclic) bond motifs is 1. The monoisotopic (exact) mass is 307 g/mol. The van der Waals surface area contributed by atoms with Crippen LogP contribution in [0.5, 0.6) is 0 Å². The van der Waals surface area contributed by atoms with Crippen molar-refractivity contribution in [3.63, 3.8) is 0 Å². The van der Waals surface area contributed by atoms with Crippen molar-refractivity contribution in [2.24, 2.45) is 0 Å². The van der Waals surface area contributed by atoms with E-state index >= 15 is 0 Å². The van der Waals surface area contributed by atoms with E-state index in [1.165, 1.54) is 16.5 Å². The SMILES string of the molecule is CCCc1nc(-c2cc3sccc3s2)oc1C(=O)OC. The molecule has 0 aliphatic heterocycles. The maximum absolute atomic E-state index is 11.7. The highest BCUT2D eigenvalue weighted by molar-refractivity contribution is 7.28. The molecule has 0 atom stereocenters. The zero-order chi connectivity index (χ0) is 14.1. The summed E-state index contributed by atoms with van der Waals surface area (Å²) < 4.78 is 12.8. The number of esters is 1. The van der Waals surface area contributed by atoms with Gasteiger partial charge in [-0.3, -0.25) is 0 Å². The number of hydrogen-bond donors (Lipinski definition) is 0. The summed E-state index contributed by atoms with van der Waals surface area (Å²) in [6.07, 6.45) is 1.60. The maximum Gasteiger partial charge on any atom is 0.376 e. The van der Waals surface area contributed by atoms with E-state index < -0.39 is 5.97 Å². The van der Waals surface area contributed by atoms with Gasteiger partial charge in [-0.15, -0.1) is 22.7 Å². The summed E-state index contributed by atoms with van der Waals surface area (Å²) >= 11 is 3.30. The van der Waals surface area contributed by atoms with Crippen LogP contribution in [-0.4, -0.2) is 18.1 Å². The number of carbonyl (C=O) groups is 1. The number of ether oxygens (including phenoxy) is 1. The molecule has 0 aliphatic rings. The summed E-state index contributed by atoms with van der Waals surface area (Å²) in [6.45, 7) is 2.04. The van der Waals surface area contributed by atoms with Gasteiger partial charge in [-0.2, -0.15) is 0 Å². The van der Waals surface area contributed by atoms with Gasteiger partial charge in [0.2, 0.25) is 11.7 Å². The van der Waals surface area contributed by atoms with Gasteiger partial charge in [-0.05, 0) is 23.9 Å². The van der Waals surface area contributed by atoms with Crippen molar-refractivity contribution in [1.82, 2.24) is 4.98 Å². The Morgan fingerprint density at radius 1 is 1.45 bits per heavy atom. The quantitative estimate of drug-likeness (QED) is 0.672. The number of aromatic nitrogens is 1. The van der Waals surface area contributed by atoms with Crippen LogP contribution in [0.15, 0.2) is 21.9 Å². The number of oxazole rings is 1. The largest absolute Gasteiger partial charge is 0.463 e. The first kappa shape index (κ1) is 13.3. The Morgan fingerprint density at radius 2 is 2.30 bits per heavy atom. The molecule has 0 radical (unpaired) electrons. The molecule has 0 saturated heterocycles. The van der Waals surface area contributed by atoms with Crippen LogP contribution >= 0.6 is 22.7 Å². The minimum atomic E-state index is -0.467. The summed E-state index contributed by atoms with van der Waals surface area (Å²) in [5.41, 5.74) is 0.672. The molecule has 0 bridgehead atoms. The average Bonchev–Trinajstić information content (AvgIpc) is 3.10. The van der Waals surface area contributed by atoms with Crippen molar-refractivity contribution < 1.29 is 13.9 Å². The molecule has 0 amide bonds. The Hall–Kier alpha value is -1.66. The molecular weight excluding hydrogens is 294 g/mol. The minimum Gasteiger partial charge on any atom is -0.463 e. The van der Waals surface area contributed by atoms with Gasteiger partial charge in [0.05, 0.1) is 17.7 Å². The smallest absolute Gasteiger partial charge is 0.376 e. The van der Waals surface area contributed by atoms with Crippen LogP contribution in [0.1, 0.15) is 29.6 Å². The normalized spacial score (nSPS) is 11.1. The Kier molecular flexibility index (Phi) is 3.58. The van der Waals surface area contributed by atoms with E-state index in [1.54, 1.807) is 22.7 Å². The van der Waals surface area contributed by atoms with Crippen LogP contribution in [0.4, 0.5) is 0 Å². The molecule has 3 heterocycles. The van der Waals surface area contributed by atoms with Gasteiger partial charge in [-0.1, -0.05) is 13.3 Å². The van der Waals surface area contributed by atoms with Crippen LogP contribution < -0.4 is 0 Å². The van der Waals surface area contributed by atoms with Gasteiger partial charge in [0.1, 0.15) is 0 Å². The summed E-state index contributed by atoms with van der Waals surface area (Å²) in [4.78, 5) is 17.1. The Labute approximate surface area is 124 Å². The number of hydrogen-bond acceptors (Lipinski definition) is 6. The van der Waals surface area contributed by atoms with E-state index in [9.17, 15) is 4.79 Å². The molecule has 104 valence electrons. The van der Waals surface area contributed by atoms with E-state index in [2.05, 4.69) is 16.4 Å². The average molecular weight is 307 g/mol. The summed E-state index contributed by atoms with van der Waals surface area (Å²) in [5, 5.41) is 2.06. The third-order valence-electron chi connectivity index (χ3n) is 2.91. The third-order valence-corrected chi connectivity index (χ3v) is 4.99. The molecule has 20 heavy (non-hydrogen) atoms. The van der Waals surface area contributed by atoms with Crippen LogP contribution in [0.3, 0.4) is 0 Å². The van der Waals surface area contributed by atoms with Crippen molar-refractivity contribution >= 4 is 38.0 Å². The maximum atomic E-state index is 11.7. The lowest BCUT2D eigenvalue weighted by molar-refractivity contribution is 0.0564. The van der Waals surface area contributed by atoms with Crippen molar-refractivity contribution in [3.8, 4) is 10.8 Å². The molecule has 3 aromatic rings. The lowest BCUT2D eigenvalue weighted by Gasteiger charge is -1.96. The zero-order valence-corrected chi connectivity index (χ0v) is 12.8. The number of methoxy groups -OCH3 is 1. The molecule has 0 unspecified atom stereocenters. The first-order valence-corrected chi connectivity index (χ1v) is 7.98. The molecule has 0 saturated carbocycles. The van der Waals surface area contributed by atoms with Crippen LogP contribution in [0, 0.1) is 0 Å². The van der Waals surface area contributed by atoms with Gasteiger partial charge in [0, 0.05) is 9.40 Å².